The topological polar surface area (TPSA) is 61.8 Å². The number of hydrogen-bond acceptors (Lipinski definition) is 4. The van der Waals surface area contributed by atoms with Gasteiger partial charge >= 0.3 is 0 Å². The molecule has 0 aliphatic carbocycles. The van der Waals surface area contributed by atoms with Crippen LogP contribution < -0.4 is 10.1 Å². The van der Waals surface area contributed by atoms with Crippen molar-refractivity contribution in [1.82, 2.24) is 10.2 Å². The van der Waals surface area contributed by atoms with Gasteiger partial charge in [0.15, 0.2) is 16.6 Å². The fourth-order valence-corrected chi connectivity index (χ4v) is 3.07. The van der Waals surface area contributed by atoms with Crippen molar-refractivity contribution in [3.8, 4) is 11.5 Å². The number of aromatic hydroxyl groups is 1. The monoisotopic (exact) mass is 388 g/mol. The summed E-state index contributed by atoms with van der Waals surface area (Å²) in [4.78, 5) is 14.2. The van der Waals surface area contributed by atoms with Gasteiger partial charge in [-0.15, -0.1) is 0 Å². The number of halogens is 1. The third-order valence-electron chi connectivity index (χ3n) is 3.81. The van der Waals surface area contributed by atoms with E-state index in [0.717, 1.165) is 5.56 Å². The molecule has 3 rings (SSSR count). The molecule has 26 heavy (non-hydrogen) atoms. The van der Waals surface area contributed by atoms with Crippen molar-refractivity contribution in [3.05, 3.63) is 64.3 Å². The van der Waals surface area contributed by atoms with Gasteiger partial charge < -0.3 is 15.2 Å². The molecular weight excluding hydrogens is 372 g/mol. The van der Waals surface area contributed by atoms with Crippen molar-refractivity contribution in [2.45, 2.75) is 13.5 Å². The molecule has 1 heterocycles. The van der Waals surface area contributed by atoms with Crippen LogP contribution in [0.15, 0.2) is 48.2 Å². The van der Waals surface area contributed by atoms with Gasteiger partial charge in [-0.25, -0.2) is 0 Å². The van der Waals surface area contributed by atoms with Crippen LogP contribution in [0.2, 0.25) is 5.02 Å². The van der Waals surface area contributed by atoms with Crippen molar-refractivity contribution in [2.24, 2.45) is 0 Å². The maximum Gasteiger partial charge on any atom is 0.276 e. The molecule has 0 radical (unpaired) electrons. The van der Waals surface area contributed by atoms with Crippen molar-refractivity contribution >= 4 is 40.9 Å². The highest BCUT2D eigenvalue weighted by molar-refractivity contribution is 7.80. The third kappa shape index (κ3) is 3.81. The van der Waals surface area contributed by atoms with Gasteiger partial charge in [0.2, 0.25) is 0 Å². The van der Waals surface area contributed by atoms with Crippen LogP contribution in [0.1, 0.15) is 18.1 Å². The Balaban J connectivity index is 1.86. The fraction of sp³-hybridized carbons (Fsp3) is 0.158. The van der Waals surface area contributed by atoms with Crippen molar-refractivity contribution in [2.75, 3.05) is 6.61 Å². The molecule has 0 bridgehead atoms. The Morgan fingerprint density at radius 2 is 2.04 bits per heavy atom. The van der Waals surface area contributed by atoms with Crippen LogP contribution in [0.3, 0.4) is 0 Å². The lowest BCUT2D eigenvalue weighted by atomic mass is 10.1. The van der Waals surface area contributed by atoms with Crippen LogP contribution in [0, 0.1) is 0 Å². The highest BCUT2D eigenvalue weighted by Gasteiger charge is 2.30. The van der Waals surface area contributed by atoms with E-state index in [0.29, 0.717) is 29.5 Å². The van der Waals surface area contributed by atoms with E-state index >= 15 is 0 Å². The van der Waals surface area contributed by atoms with Crippen molar-refractivity contribution < 1.29 is 14.6 Å². The first-order valence-electron chi connectivity index (χ1n) is 8.03. The molecule has 0 unspecified atom stereocenters. The number of carbonyl (C=O) groups is 1. The second-order valence-electron chi connectivity index (χ2n) is 5.65. The molecule has 1 aliphatic heterocycles. The zero-order chi connectivity index (χ0) is 18.7. The maximum atomic E-state index is 12.7. The van der Waals surface area contributed by atoms with Gasteiger partial charge in [-0.2, -0.15) is 0 Å². The molecule has 0 spiro atoms. The van der Waals surface area contributed by atoms with Gasteiger partial charge in [0.25, 0.3) is 5.91 Å². The zero-order valence-corrected chi connectivity index (χ0v) is 15.6. The molecule has 1 saturated heterocycles. The number of benzene rings is 2. The minimum Gasteiger partial charge on any atom is -0.503 e. The Bertz CT molecular complexity index is 884. The number of carbonyl (C=O) groups excluding carboxylic acids is 1. The predicted octanol–water partition coefficient (Wildman–Crippen LogP) is 3.70. The Morgan fingerprint density at radius 3 is 2.73 bits per heavy atom. The molecule has 2 aromatic carbocycles. The van der Waals surface area contributed by atoms with Crippen molar-refractivity contribution in [3.63, 3.8) is 0 Å². The van der Waals surface area contributed by atoms with Crippen LogP contribution in [0.5, 0.6) is 11.5 Å². The third-order valence-corrected chi connectivity index (χ3v) is 4.42. The highest BCUT2D eigenvalue weighted by Crippen LogP contribution is 2.36. The lowest BCUT2D eigenvalue weighted by molar-refractivity contribution is -0.122. The molecule has 5 nitrogen and oxygen atoms in total. The molecule has 1 aliphatic rings. The molecule has 134 valence electrons. The minimum atomic E-state index is -0.221. The van der Waals surface area contributed by atoms with E-state index in [9.17, 15) is 9.90 Å². The van der Waals surface area contributed by atoms with Gasteiger partial charge in [0.05, 0.1) is 18.2 Å². The molecule has 0 aromatic heterocycles. The summed E-state index contributed by atoms with van der Waals surface area (Å²) in [5, 5.41) is 13.4. The molecule has 0 saturated carbocycles. The summed E-state index contributed by atoms with van der Waals surface area (Å²) >= 11 is 11.3. The largest absolute Gasteiger partial charge is 0.503 e. The average molecular weight is 389 g/mol. The van der Waals surface area contributed by atoms with Gasteiger partial charge in [-0.05, 0) is 48.5 Å². The van der Waals surface area contributed by atoms with Crippen LogP contribution >= 0.6 is 23.8 Å². The molecule has 0 atom stereocenters. The first-order valence-corrected chi connectivity index (χ1v) is 8.82. The Morgan fingerprint density at radius 1 is 1.31 bits per heavy atom. The minimum absolute atomic E-state index is 0.123. The number of rotatable bonds is 5. The summed E-state index contributed by atoms with van der Waals surface area (Å²) in [7, 11) is 0. The average Bonchev–Trinajstić information content (AvgIpc) is 2.88. The molecule has 2 N–H and O–H groups in total. The normalized spacial score (nSPS) is 15.5. The van der Waals surface area contributed by atoms with E-state index in [2.05, 4.69) is 5.32 Å². The quantitative estimate of drug-likeness (QED) is 0.604. The number of amides is 1. The summed E-state index contributed by atoms with van der Waals surface area (Å²) in [5.41, 5.74) is 1.95. The number of hydrogen-bond donors (Lipinski definition) is 2. The second-order valence-corrected chi connectivity index (χ2v) is 6.44. The van der Waals surface area contributed by atoms with Gasteiger partial charge in [-0.1, -0.05) is 41.9 Å². The summed E-state index contributed by atoms with van der Waals surface area (Å²) in [6.45, 7) is 2.58. The zero-order valence-electron chi connectivity index (χ0n) is 14.0. The summed E-state index contributed by atoms with van der Waals surface area (Å²) in [5.74, 6) is -0.0791. The van der Waals surface area contributed by atoms with Crippen LogP contribution in [-0.2, 0) is 11.3 Å². The summed E-state index contributed by atoms with van der Waals surface area (Å²) in [6, 6.07) is 12.8. The van der Waals surface area contributed by atoms with E-state index in [-0.39, 0.29) is 22.4 Å². The lowest BCUT2D eigenvalue weighted by Crippen LogP contribution is -2.29. The molecule has 1 fully saturated rings. The standard InChI is InChI=1S/C19H17ClN2O3S/c1-2-25-16-10-13(8-14(20)17(16)23)9-15-18(24)22(19(26)21-15)11-12-6-4-3-5-7-12/h3-10,23H,2,11H2,1H3,(H,21,26)/b15-9-. The number of thiocarbonyl (C=S) groups is 1. The van der Waals surface area contributed by atoms with Gasteiger partial charge in [0, 0.05) is 0 Å². The van der Waals surface area contributed by atoms with E-state index in [4.69, 9.17) is 28.6 Å². The molecule has 1 amide bonds. The summed E-state index contributed by atoms with van der Waals surface area (Å²) in [6.07, 6.45) is 1.63. The first kappa shape index (κ1) is 18.2. The highest BCUT2D eigenvalue weighted by atomic mass is 35.5. The maximum absolute atomic E-state index is 12.7. The Kier molecular flexibility index (Phi) is 5.44. The predicted molar refractivity (Wildman–Crippen MR) is 105 cm³/mol. The fourth-order valence-electron chi connectivity index (χ4n) is 2.59. The van der Waals surface area contributed by atoms with Crippen LogP contribution in [0.25, 0.3) is 6.08 Å². The van der Waals surface area contributed by atoms with Gasteiger partial charge in [0.1, 0.15) is 5.70 Å². The van der Waals surface area contributed by atoms with Crippen LogP contribution in [0.4, 0.5) is 0 Å². The van der Waals surface area contributed by atoms with E-state index in [1.807, 2.05) is 30.3 Å². The lowest BCUT2D eigenvalue weighted by Gasteiger charge is -2.13. The number of ether oxygens (including phenoxy) is 1. The smallest absolute Gasteiger partial charge is 0.276 e. The number of nitrogens with one attached hydrogen (secondary N) is 1. The second kappa shape index (κ2) is 7.76. The van der Waals surface area contributed by atoms with Crippen molar-refractivity contribution in [1.29, 1.82) is 0 Å². The molecule has 2 aromatic rings. The van der Waals surface area contributed by atoms with Crippen LogP contribution in [-0.4, -0.2) is 27.6 Å². The SMILES string of the molecule is CCOc1cc(/C=C2\NC(=S)N(Cc3ccccc3)C2=O)cc(Cl)c1O. The summed E-state index contributed by atoms with van der Waals surface area (Å²) < 4.78 is 5.37. The molecular formula is C19H17ClN2O3S. The number of phenols is 1. The Hall–Kier alpha value is -2.57. The Labute approximate surface area is 161 Å². The first-order chi connectivity index (χ1) is 12.5. The number of nitrogens with zero attached hydrogens (tertiary/aromatic N) is 1. The molecule has 7 heteroatoms. The van der Waals surface area contributed by atoms with Gasteiger partial charge in [-0.3, -0.25) is 9.69 Å². The number of phenolic OH excluding ortho intramolecular Hbond substituents is 1. The van der Waals surface area contributed by atoms with E-state index in [1.165, 1.54) is 4.90 Å². The van der Waals surface area contributed by atoms with E-state index in [1.54, 1.807) is 25.1 Å². The van der Waals surface area contributed by atoms with E-state index < -0.39 is 0 Å².